The van der Waals surface area contributed by atoms with Gasteiger partial charge in [-0.05, 0) is 36.1 Å². The fraction of sp³-hybridized carbons (Fsp3) is 0.524. The van der Waals surface area contributed by atoms with E-state index in [1.165, 1.54) is 0 Å². The van der Waals surface area contributed by atoms with Crippen molar-refractivity contribution in [3.8, 4) is 11.5 Å². The van der Waals surface area contributed by atoms with E-state index in [9.17, 15) is 9.59 Å². The molecule has 1 aromatic rings. The van der Waals surface area contributed by atoms with Crippen molar-refractivity contribution < 1.29 is 19.1 Å². The lowest BCUT2D eigenvalue weighted by atomic mass is 9.96. The molecule has 6 heteroatoms. The van der Waals surface area contributed by atoms with Gasteiger partial charge in [-0.25, -0.2) is 0 Å². The second-order valence-electron chi connectivity index (χ2n) is 7.74. The summed E-state index contributed by atoms with van der Waals surface area (Å²) >= 11 is 0. The molecule has 1 heterocycles. The molecule has 0 aliphatic carbocycles. The normalized spacial score (nSPS) is 15.6. The van der Waals surface area contributed by atoms with Gasteiger partial charge in [-0.1, -0.05) is 26.8 Å². The van der Waals surface area contributed by atoms with Crippen LogP contribution in [0.25, 0.3) is 0 Å². The average Bonchev–Trinajstić information content (AvgIpc) is 2.90. The lowest BCUT2D eigenvalue weighted by Crippen LogP contribution is -2.36. The SMILES string of the molecule is COc1ccc(C(=O)N2CCCN(C(=O)/C=C/C(C)(C)C)CC2)cc1OC. The minimum absolute atomic E-state index is 0.00495. The maximum atomic E-state index is 12.9. The Morgan fingerprint density at radius 1 is 0.963 bits per heavy atom. The fourth-order valence-corrected chi connectivity index (χ4v) is 2.92. The highest BCUT2D eigenvalue weighted by molar-refractivity contribution is 5.95. The van der Waals surface area contributed by atoms with Crippen molar-refractivity contribution in [3.05, 3.63) is 35.9 Å². The Kier molecular flexibility index (Phi) is 6.88. The second kappa shape index (κ2) is 8.93. The molecule has 0 unspecified atom stereocenters. The Hall–Kier alpha value is -2.50. The molecular weight excluding hydrogens is 344 g/mol. The maximum Gasteiger partial charge on any atom is 0.254 e. The van der Waals surface area contributed by atoms with Crippen LogP contribution in [0.5, 0.6) is 11.5 Å². The van der Waals surface area contributed by atoms with Crippen LogP contribution in [-0.4, -0.2) is 62.0 Å². The predicted octanol–water partition coefficient (Wildman–Crippen LogP) is 2.98. The van der Waals surface area contributed by atoms with Crippen molar-refractivity contribution in [2.24, 2.45) is 5.41 Å². The predicted molar refractivity (Wildman–Crippen MR) is 105 cm³/mol. The van der Waals surface area contributed by atoms with Crippen molar-refractivity contribution in [1.82, 2.24) is 9.80 Å². The first kappa shape index (κ1) is 20.8. The van der Waals surface area contributed by atoms with Crippen molar-refractivity contribution in [3.63, 3.8) is 0 Å². The summed E-state index contributed by atoms with van der Waals surface area (Å²) in [7, 11) is 3.11. The van der Waals surface area contributed by atoms with Crippen LogP contribution < -0.4 is 9.47 Å². The van der Waals surface area contributed by atoms with Crippen molar-refractivity contribution >= 4 is 11.8 Å². The average molecular weight is 374 g/mol. The number of hydrogen-bond acceptors (Lipinski definition) is 4. The van der Waals surface area contributed by atoms with Crippen molar-refractivity contribution in [2.75, 3.05) is 40.4 Å². The largest absolute Gasteiger partial charge is 0.493 e. The number of ether oxygens (including phenoxy) is 2. The number of hydrogen-bond donors (Lipinski definition) is 0. The lowest BCUT2D eigenvalue weighted by molar-refractivity contribution is -0.125. The number of rotatable bonds is 4. The summed E-state index contributed by atoms with van der Waals surface area (Å²) in [5.41, 5.74) is 0.525. The molecule has 2 rings (SSSR count). The molecule has 27 heavy (non-hydrogen) atoms. The third-order valence-corrected chi connectivity index (χ3v) is 4.45. The number of amides is 2. The summed E-state index contributed by atoms with van der Waals surface area (Å²) < 4.78 is 10.5. The Bertz CT molecular complexity index is 707. The molecule has 1 aliphatic rings. The highest BCUT2D eigenvalue weighted by atomic mass is 16.5. The Labute approximate surface area is 161 Å². The van der Waals surface area contributed by atoms with Crippen molar-refractivity contribution in [1.29, 1.82) is 0 Å². The first-order valence-electron chi connectivity index (χ1n) is 9.24. The van der Waals surface area contributed by atoms with Gasteiger partial charge in [-0.15, -0.1) is 0 Å². The standard InChI is InChI=1S/C21H30N2O4/c1-21(2,3)10-9-19(24)22-11-6-12-23(14-13-22)20(25)16-7-8-17(26-4)18(15-16)27-5/h7-10,15H,6,11-14H2,1-5H3/b10-9+. The molecule has 2 amide bonds. The molecule has 1 fully saturated rings. The van der Waals surface area contributed by atoms with Crippen LogP contribution in [0, 0.1) is 5.41 Å². The van der Waals surface area contributed by atoms with Gasteiger partial charge in [0.25, 0.3) is 5.91 Å². The van der Waals surface area contributed by atoms with E-state index in [1.807, 2.05) is 11.0 Å². The van der Waals surface area contributed by atoms with Gasteiger partial charge in [0.1, 0.15) is 0 Å². The second-order valence-corrected chi connectivity index (χ2v) is 7.74. The first-order valence-corrected chi connectivity index (χ1v) is 9.24. The number of allylic oxidation sites excluding steroid dienone is 1. The van der Waals surface area contributed by atoms with Crippen LogP contribution in [0.1, 0.15) is 37.6 Å². The van der Waals surface area contributed by atoms with Gasteiger partial charge in [0.05, 0.1) is 14.2 Å². The molecule has 0 aromatic heterocycles. The van der Waals surface area contributed by atoms with Gasteiger partial charge in [0, 0.05) is 31.7 Å². The quantitative estimate of drug-likeness (QED) is 0.760. The van der Waals surface area contributed by atoms with Crippen LogP contribution in [0.2, 0.25) is 0 Å². The monoisotopic (exact) mass is 374 g/mol. The van der Waals surface area contributed by atoms with Gasteiger partial charge in [0.15, 0.2) is 11.5 Å². The van der Waals surface area contributed by atoms with Crippen LogP contribution in [-0.2, 0) is 4.79 Å². The van der Waals surface area contributed by atoms with E-state index in [0.29, 0.717) is 43.2 Å². The van der Waals surface area contributed by atoms with Gasteiger partial charge >= 0.3 is 0 Å². The Balaban J connectivity index is 2.04. The van der Waals surface area contributed by atoms with Crippen LogP contribution >= 0.6 is 0 Å². The van der Waals surface area contributed by atoms with E-state index in [4.69, 9.17) is 9.47 Å². The van der Waals surface area contributed by atoms with Crippen LogP contribution in [0.15, 0.2) is 30.4 Å². The summed E-state index contributed by atoms with van der Waals surface area (Å²) in [5.74, 6) is 1.07. The van der Waals surface area contributed by atoms with Gasteiger partial charge < -0.3 is 19.3 Å². The van der Waals surface area contributed by atoms with E-state index in [2.05, 4.69) is 20.8 Å². The molecule has 1 aromatic carbocycles. The molecule has 0 bridgehead atoms. The van der Waals surface area contributed by atoms with Gasteiger partial charge in [0.2, 0.25) is 5.91 Å². The van der Waals surface area contributed by atoms with Crippen LogP contribution in [0.4, 0.5) is 0 Å². The third kappa shape index (κ3) is 5.74. The number of benzene rings is 1. The van der Waals surface area contributed by atoms with E-state index in [-0.39, 0.29) is 17.2 Å². The van der Waals surface area contributed by atoms with E-state index in [0.717, 1.165) is 6.42 Å². The van der Waals surface area contributed by atoms with Gasteiger partial charge in [-0.2, -0.15) is 0 Å². The van der Waals surface area contributed by atoms with E-state index < -0.39 is 0 Å². The highest BCUT2D eigenvalue weighted by Crippen LogP contribution is 2.28. The number of carbonyl (C=O) groups excluding carboxylic acids is 2. The zero-order valence-electron chi connectivity index (χ0n) is 16.9. The summed E-state index contributed by atoms with van der Waals surface area (Å²) in [5, 5.41) is 0. The summed E-state index contributed by atoms with van der Waals surface area (Å²) in [4.78, 5) is 28.9. The first-order chi connectivity index (χ1) is 12.7. The zero-order chi connectivity index (χ0) is 20.0. The van der Waals surface area contributed by atoms with E-state index >= 15 is 0 Å². The molecule has 0 saturated carbocycles. The summed E-state index contributed by atoms with van der Waals surface area (Å²) in [6.45, 7) is 8.51. The fourth-order valence-electron chi connectivity index (χ4n) is 2.92. The molecule has 0 atom stereocenters. The summed E-state index contributed by atoms with van der Waals surface area (Å²) in [6, 6.07) is 5.17. The number of nitrogens with zero attached hydrogens (tertiary/aromatic N) is 2. The number of methoxy groups -OCH3 is 2. The Morgan fingerprint density at radius 3 is 2.22 bits per heavy atom. The Morgan fingerprint density at radius 2 is 1.59 bits per heavy atom. The van der Waals surface area contributed by atoms with Crippen LogP contribution in [0.3, 0.4) is 0 Å². The molecule has 1 aliphatic heterocycles. The lowest BCUT2D eigenvalue weighted by Gasteiger charge is -2.22. The molecular formula is C21H30N2O4. The molecule has 6 nitrogen and oxygen atoms in total. The molecule has 148 valence electrons. The van der Waals surface area contributed by atoms with Crippen molar-refractivity contribution in [2.45, 2.75) is 27.2 Å². The maximum absolute atomic E-state index is 12.9. The molecule has 0 radical (unpaired) electrons. The third-order valence-electron chi connectivity index (χ3n) is 4.45. The van der Waals surface area contributed by atoms with Gasteiger partial charge in [-0.3, -0.25) is 9.59 Å². The molecule has 0 N–H and O–H groups in total. The zero-order valence-corrected chi connectivity index (χ0v) is 16.9. The minimum Gasteiger partial charge on any atom is -0.493 e. The smallest absolute Gasteiger partial charge is 0.254 e. The summed E-state index contributed by atoms with van der Waals surface area (Å²) in [6.07, 6.45) is 4.33. The topological polar surface area (TPSA) is 59.1 Å². The molecule has 1 saturated heterocycles. The highest BCUT2D eigenvalue weighted by Gasteiger charge is 2.23. The van der Waals surface area contributed by atoms with E-state index in [1.54, 1.807) is 43.4 Å². The molecule has 0 spiro atoms. The minimum atomic E-state index is -0.0597. The number of carbonyl (C=O) groups is 2.